The molecule has 5 nitrogen and oxygen atoms in total. The van der Waals surface area contributed by atoms with Crippen LogP contribution in [0.5, 0.6) is 0 Å². The molecule has 0 saturated heterocycles. The minimum Gasteiger partial charge on any atom is -0.478 e. The van der Waals surface area contributed by atoms with E-state index in [1.165, 1.54) is 29.5 Å². The number of carbonyl (C=O) groups excluding carboxylic acids is 1. The van der Waals surface area contributed by atoms with Gasteiger partial charge in [-0.25, -0.2) is 14.2 Å². The molecule has 0 fully saturated rings. The summed E-state index contributed by atoms with van der Waals surface area (Å²) in [6.45, 7) is 1.70. The van der Waals surface area contributed by atoms with Crippen molar-refractivity contribution in [2.75, 3.05) is 5.32 Å². The minimum absolute atomic E-state index is 0.0280. The van der Waals surface area contributed by atoms with Gasteiger partial charge in [0.05, 0.1) is 16.9 Å². The van der Waals surface area contributed by atoms with E-state index in [1.807, 2.05) is 0 Å². The first-order chi connectivity index (χ1) is 9.97. The largest absolute Gasteiger partial charge is 0.478 e. The molecule has 0 unspecified atom stereocenters. The van der Waals surface area contributed by atoms with E-state index in [1.54, 1.807) is 12.4 Å². The molecule has 0 radical (unpaired) electrons. The highest BCUT2D eigenvalue weighted by molar-refractivity contribution is 7.12. The molecule has 0 spiro atoms. The van der Waals surface area contributed by atoms with E-state index in [0.717, 1.165) is 12.1 Å². The van der Waals surface area contributed by atoms with Crippen molar-refractivity contribution < 1.29 is 19.1 Å². The molecule has 0 aliphatic carbocycles. The molecule has 0 saturated carbocycles. The van der Waals surface area contributed by atoms with Gasteiger partial charge >= 0.3 is 5.97 Å². The fourth-order valence-electron chi connectivity index (χ4n) is 1.60. The van der Waals surface area contributed by atoms with E-state index < -0.39 is 17.7 Å². The maximum atomic E-state index is 13.9. The Hall–Kier alpha value is -2.54. The van der Waals surface area contributed by atoms with Crippen LogP contribution in [0.25, 0.3) is 6.08 Å². The topological polar surface area (TPSA) is 79.3 Å². The van der Waals surface area contributed by atoms with Crippen molar-refractivity contribution in [3.05, 3.63) is 51.7 Å². The lowest BCUT2D eigenvalue weighted by Crippen LogP contribution is -2.12. The monoisotopic (exact) mass is 306 g/mol. The molecular weight excluding hydrogens is 295 g/mol. The highest BCUT2D eigenvalue weighted by Gasteiger charge is 2.13. The van der Waals surface area contributed by atoms with Crippen molar-refractivity contribution in [3.8, 4) is 0 Å². The minimum atomic E-state index is -1.12. The first-order valence-corrected chi connectivity index (χ1v) is 6.77. The molecule has 0 bridgehead atoms. The van der Waals surface area contributed by atoms with Crippen LogP contribution in [0.1, 0.15) is 20.9 Å². The molecule has 1 amide bonds. The molecule has 2 N–H and O–H groups in total. The summed E-state index contributed by atoms with van der Waals surface area (Å²) in [5.41, 5.74) is 2.54. The fraction of sp³-hybridized carbons (Fsp3) is 0.0714. The van der Waals surface area contributed by atoms with Crippen LogP contribution in [0, 0.1) is 12.7 Å². The average molecular weight is 306 g/mol. The summed E-state index contributed by atoms with van der Waals surface area (Å²) in [7, 11) is 0. The normalized spacial score (nSPS) is 10.8. The summed E-state index contributed by atoms with van der Waals surface area (Å²) in [4.78, 5) is 26.7. The third-order valence-corrected chi connectivity index (χ3v) is 3.54. The third-order valence-electron chi connectivity index (χ3n) is 2.61. The van der Waals surface area contributed by atoms with Gasteiger partial charge in [0.15, 0.2) is 0 Å². The SMILES string of the molecule is Cc1ncsc1C(=O)Nc1ccc(C=CC(=O)O)cc1F. The van der Waals surface area contributed by atoms with Crippen molar-refractivity contribution in [2.45, 2.75) is 6.92 Å². The predicted molar refractivity (Wildman–Crippen MR) is 77.9 cm³/mol. The van der Waals surface area contributed by atoms with E-state index in [-0.39, 0.29) is 5.69 Å². The van der Waals surface area contributed by atoms with E-state index in [0.29, 0.717) is 16.1 Å². The lowest BCUT2D eigenvalue weighted by Gasteiger charge is -2.06. The Morgan fingerprint density at radius 2 is 2.19 bits per heavy atom. The summed E-state index contributed by atoms with van der Waals surface area (Å²) >= 11 is 1.18. The van der Waals surface area contributed by atoms with Crippen molar-refractivity contribution >= 4 is 35.0 Å². The number of carboxylic acids is 1. The number of hydrogen-bond donors (Lipinski definition) is 2. The van der Waals surface area contributed by atoms with Gasteiger partial charge in [-0.15, -0.1) is 11.3 Å². The Morgan fingerprint density at radius 1 is 1.43 bits per heavy atom. The molecule has 2 aromatic rings. The van der Waals surface area contributed by atoms with Gasteiger partial charge in [0.25, 0.3) is 5.91 Å². The maximum absolute atomic E-state index is 13.9. The number of aryl methyl sites for hydroxylation is 1. The van der Waals surface area contributed by atoms with Gasteiger partial charge in [0.1, 0.15) is 10.7 Å². The molecule has 1 aromatic carbocycles. The lowest BCUT2D eigenvalue weighted by atomic mass is 10.2. The molecule has 2 rings (SSSR count). The molecule has 0 aliphatic rings. The average Bonchev–Trinajstić information content (AvgIpc) is 2.85. The molecular formula is C14H11FN2O3S. The van der Waals surface area contributed by atoms with Crippen molar-refractivity contribution in [1.29, 1.82) is 0 Å². The number of aromatic nitrogens is 1. The molecule has 108 valence electrons. The molecule has 21 heavy (non-hydrogen) atoms. The number of amides is 1. The van der Waals surface area contributed by atoms with Crippen LogP contribution < -0.4 is 5.32 Å². The van der Waals surface area contributed by atoms with Crippen LogP contribution in [0.15, 0.2) is 29.8 Å². The standard InChI is InChI=1S/C14H11FN2O3S/c1-8-13(21-7-16-8)14(20)17-11-4-2-9(6-10(11)15)3-5-12(18)19/h2-7H,1H3,(H,17,20)(H,18,19). The number of anilines is 1. The number of rotatable bonds is 4. The van der Waals surface area contributed by atoms with E-state index in [4.69, 9.17) is 5.11 Å². The first kappa shape index (κ1) is 14.9. The van der Waals surface area contributed by atoms with Gasteiger partial charge in [-0.2, -0.15) is 0 Å². The molecule has 0 aliphatic heterocycles. The number of hydrogen-bond acceptors (Lipinski definition) is 4. The molecule has 1 heterocycles. The smallest absolute Gasteiger partial charge is 0.328 e. The molecule has 7 heteroatoms. The maximum Gasteiger partial charge on any atom is 0.328 e. The van der Waals surface area contributed by atoms with Crippen LogP contribution >= 0.6 is 11.3 Å². The van der Waals surface area contributed by atoms with E-state index in [2.05, 4.69) is 10.3 Å². The lowest BCUT2D eigenvalue weighted by molar-refractivity contribution is -0.131. The summed E-state index contributed by atoms with van der Waals surface area (Å²) in [6, 6.07) is 4.04. The van der Waals surface area contributed by atoms with Gasteiger partial charge in [-0.1, -0.05) is 6.07 Å². The number of nitrogens with zero attached hydrogens (tertiary/aromatic N) is 1. The number of carboxylic acid groups (broad SMARTS) is 1. The first-order valence-electron chi connectivity index (χ1n) is 5.89. The number of halogens is 1. The second-order valence-corrected chi connectivity index (χ2v) is 4.99. The Morgan fingerprint density at radius 3 is 2.76 bits per heavy atom. The van der Waals surface area contributed by atoms with Gasteiger partial charge in [-0.3, -0.25) is 4.79 Å². The van der Waals surface area contributed by atoms with Crippen LogP contribution in [-0.4, -0.2) is 22.0 Å². The van der Waals surface area contributed by atoms with Crippen LogP contribution in [-0.2, 0) is 4.79 Å². The number of thiazole rings is 1. The third kappa shape index (κ3) is 3.73. The Bertz CT molecular complexity index is 725. The fourth-order valence-corrected chi connectivity index (χ4v) is 2.30. The van der Waals surface area contributed by atoms with Gasteiger partial charge in [-0.05, 0) is 30.7 Å². The second-order valence-electron chi connectivity index (χ2n) is 4.13. The Labute approximate surface area is 123 Å². The quantitative estimate of drug-likeness (QED) is 0.851. The molecule has 0 atom stereocenters. The zero-order valence-corrected chi connectivity index (χ0v) is 11.8. The number of aliphatic carboxylic acids is 1. The Balaban J connectivity index is 2.16. The second kappa shape index (κ2) is 6.27. The van der Waals surface area contributed by atoms with Crippen LogP contribution in [0.4, 0.5) is 10.1 Å². The summed E-state index contributed by atoms with van der Waals surface area (Å²) in [5.74, 6) is -2.19. The zero-order valence-electron chi connectivity index (χ0n) is 11.0. The number of nitrogens with one attached hydrogen (secondary N) is 1. The summed E-state index contributed by atoms with van der Waals surface area (Å²) in [6.07, 6.45) is 2.18. The summed E-state index contributed by atoms with van der Waals surface area (Å²) in [5, 5.41) is 11.0. The number of benzene rings is 1. The van der Waals surface area contributed by atoms with Crippen LogP contribution in [0.3, 0.4) is 0 Å². The van der Waals surface area contributed by atoms with Gasteiger partial charge < -0.3 is 10.4 Å². The van der Waals surface area contributed by atoms with E-state index >= 15 is 0 Å². The van der Waals surface area contributed by atoms with E-state index in [9.17, 15) is 14.0 Å². The highest BCUT2D eigenvalue weighted by atomic mass is 32.1. The molecule has 1 aromatic heterocycles. The predicted octanol–water partition coefficient (Wildman–Crippen LogP) is 2.94. The van der Waals surface area contributed by atoms with Gasteiger partial charge in [0, 0.05) is 6.08 Å². The zero-order chi connectivity index (χ0) is 15.4. The van der Waals surface area contributed by atoms with Crippen molar-refractivity contribution in [2.24, 2.45) is 0 Å². The van der Waals surface area contributed by atoms with Crippen molar-refractivity contribution in [1.82, 2.24) is 4.98 Å². The summed E-state index contributed by atoms with van der Waals surface area (Å²) < 4.78 is 13.9. The highest BCUT2D eigenvalue weighted by Crippen LogP contribution is 2.19. The Kier molecular flexibility index (Phi) is 4.44. The number of carbonyl (C=O) groups is 2. The van der Waals surface area contributed by atoms with Gasteiger partial charge in [0.2, 0.25) is 0 Å². The van der Waals surface area contributed by atoms with Crippen molar-refractivity contribution in [3.63, 3.8) is 0 Å². The van der Waals surface area contributed by atoms with Crippen LogP contribution in [0.2, 0.25) is 0 Å².